The van der Waals surface area contributed by atoms with Crippen LogP contribution in [0.1, 0.15) is 35.6 Å². The highest BCUT2D eigenvalue weighted by Gasteiger charge is 2.51. The number of nitrogens with zero attached hydrogens (tertiary/aromatic N) is 1. The maximum atomic E-state index is 11.6. The number of aliphatic hydroxyl groups is 1. The second kappa shape index (κ2) is 9.12. The Morgan fingerprint density at radius 2 is 1.09 bits per heavy atom. The van der Waals surface area contributed by atoms with Crippen LogP contribution in [-0.4, -0.2) is 15.6 Å². The van der Waals surface area contributed by atoms with Gasteiger partial charge in [0.05, 0.1) is 11.6 Å². The molecule has 0 amide bonds. The van der Waals surface area contributed by atoms with Gasteiger partial charge in [0.1, 0.15) is 0 Å². The zero-order valence-corrected chi connectivity index (χ0v) is 18.3. The van der Waals surface area contributed by atoms with E-state index in [9.17, 15) is 5.11 Å². The molecule has 5 rings (SSSR count). The summed E-state index contributed by atoms with van der Waals surface area (Å²) in [5.41, 5.74) is 5.41. The molecule has 1 aliphatic rings. The molecule has 1 unspecified atom stereocenters. The second-order valence-corrected chi connectivity index (χ2v) is 8.84. The van der Waals surface area contributed by atoms with Crippen LogP contribution in [0.3, 0.4) is 0 Å². The monoisotopic (exact) mass is 419 g/mol. The van der Waals surface area contributed by atoms with E-state index in [0.717, 1.165) is 25.9 Å². The highest BCUT2D eigenvalue weighted by atomic mass is 16.3. The molecule has 2 nitrogen and oxygen atoms in total. The summed E-state index contributed by atoms with van der Waals surface area (Å²) in [4.78, 5) is 2.46. The Morgan fingerprint density at radius 3 is 1.62 bits per heavy atom. The van der Waals surface area contributed by atoms with Crippen LogP contribution in [0, 0.1) is 0 Å². The van der Waals surface area contributed by atoms with Crippen molar-refractivity contribution in [3.63, 3.8) is 0 Å². The molecule has 1 atom stereocenters. The first kappa shape index (κ1) is 20.7. The van der Waals surface area contributed by atoms with Crippen LogP contribution in [0.25, 0.3) is 11.1 Å². The Balaban J connectivity index is 1.60. The molecule has 0 aliphatic heterocycles. The SMILES string of the molecule is OC1(C(c2ccccc2-c2ccccc2)N(Cc2ccccc2)Cc2ccccc2)CC1. The quantitative estimate of drug-likeness (QED) is 0.347. The highest BCUT2D eigenvalue weighted by molar-refractivity contribution is 5.68. The number of benzene rings is 4. The maximum Gasteiger partial charge on any atom is 0.0846 e. The normalized spacial score (nSPS) is 15.4. The molecule has 1 saturated carbocycles. The van der Waals surface area contributed by atoms with E-state index in [0.29, 0.717) is 0 Å². The first-order valence-electron chi connectivity index (χ1n) is 11.4. The molecule has 1 aliphatic carbocycles. The average molecular weight is 420 g/mol. The van der Waals surface area contributed by atoms with Gasteiger partial charge < -0.3 is 5.11 Å². The van der Waals surface area contributed by atoms with Crippen molar-refractivity contribution in [3.8, 4) is 11.1 Å². The van der Waals surface area contributed by atoms with E-state index >= 15 is 0 Å². The lowest BCUT2D eigenvalue weighted by Crippen LogP contribution is -2.37. The predicted molar refractivity (Wildman–Crippen MR) is 131 cm³/mol. The van der Waals surface area contributed by atoms with Crippen LogP contribution in [0.4, 0.5) is 0 Å². The predicted octanol–water partition coefficient (Wildman–Crippen LogP) is 6.62. The van der Waals surface area contributed by atoms with Crippen molar-refractivity contribution in [1.82, 2.24) is 4.90 Å². The lowest BCUT2D eigenvalue weighted by molar-refractivity contribution is 0.0192. The molecule has 0 heterocycles. The molecule has 0 bridgehead atoms. The summed E-state index contributed by atoms with van der Waals surface area (Å²) in [5.74, 6) is 0. The third kappa shape index (κ3) is 4.52. The fraction of sp³-hybridized carbons (Fsp3) is 0.200. The molecule has 1 N–H and O–H groups in total. The minimum absolute atomic E-state index is 0.0840. The molecule has 0 spiro atoms. The topological polar surface area (TPSA) is 23.5 Å². The first-order chi connectivity index (χ1) is 15.7. The van der Waals surface area contributed by atoms with Crippen molar-refractivity contribution in [1.29, 1.82) is 0 Å². The largest absolute Gasteiger partial charge is 0.388 e. The van der Waals surface area contributed by atoms with Gasteiger partial charge in [0.2, 0.25) is 0 Å². The molecule has 0 saturated heterocycles. The van der Waals surface area contributed by atoms with Gasteiger partial charge in [0.25, 0.3) is 0 Å². The zero-order valence-electron chi connectivity index (χ0n) is 18.3. The van der Waals surface area contributed by atoms with E-state index in [4.69, 9.17) is 0 Å². The van der Waals surface area contributed by atoms with Gasteiger partial charge in [-0.1, -0.05) is 115 Å². The molecular formula is C30H29NO. The summed E-state index contributed by atoms with van der Waals surface area (Å²) in [5, 5.41) is 11.6. The fourth-order valence-corrected chi connectivity index (χ4v) is 4.72. The van der Waals surface area contributed by atoms with Gasteiger partial charge in [0, 0.05) is 13.1 Å². The minimum Gasteiger partial charge on any atom is -0.388 e. The Labute approximate surface area is 190 Å². The Bertz CT molecular complexity index is 1100. The van der Waals surface area contributed by atoms with Gasteiger partial charge in [-0.25, -0.2) is 0 Å². The third-order valence-corrected chi connectivity index (χ3v) is 6.43. The van der Waals surface area contributed by atoms with Crippen LogP contribution in [0.2, 0.25) is 0 Å². The van der Waals surface area contributed by atoms with Crippen molar-refractivity contribution in [3.05, 3.63) is 132 Å². The molecule has 0 radical (unpaired) electrons. The minimum atomic E-state index is -0.700. The van der Waals surface area contributed by atoms with Gasteiger partial charge >= 0.3 is 0 Å². The number of rotatable bonds is 8. The molecule has 4 aromatic rings. The molecule has 2 heteroatoms. The summed E-state index contributed by atoms with van der Waals surface area (Å²) in [7, 11) is 0. The summed E-state index contributed by atoms with van der Waals surface area (Å²) in [6.45, 7) is 1.57. The van der Waals surface area contributed by atoms with E-state index in [1.807, 2.05) is 0 Å². The van der Waals surface area contributed by atoms with E-state index < -0.39 is 5.60 Å². The van der Waals surface area contributed by atoms with Gasteiger partial charge in [-0.15, -0.1) is 0 Å². The highest BCUT2D eigenvalue weighted by Crippen LogP contribution is 2.51. The van der Waals surface area contributed by atoms with Gasteiger partial charge in [0.15, 0.2) is 0 Å². The first-order valence-corrected chi connectivity index (χ1v) is 11.4. The van der Waals surface area contributed by atoms with Crippen molar-refractivity contribution < 1.29 is 5.11 Å². The van der Waals surface area contributed by atoms with Gasteiger partial charge in [-0.3, -0.25) is 4.90 Å². The Morgan fingerprint density at radius 1 is 0.625 bits per heavy atom. The van der Waals surface area contributed by atoms with Crippen LogP contribution in [0.5, 0.6) is 0 Å². The summed E-state index contributed by atoms with van der Waals surface area (Å²) < 4.78 is 0. The van der Waals surface area contributed by atoms with Crippen LogP contribution < -0.4 is 0 Å². The molecular weight excluding hydrogens is 390 g/mol. The van der Waals surface area contributed by atoms with Crippen molar-refractivity contribution in [2.45, 2.75) is 37.6 Å². The van der Waals surface area contributed by atoms with E-state index in [-0.39, 0.29) is 6.04 Å². The Hall–Kier alpha value is -3.20. The van der Waals surface area contributed by atoms with E-state index in [1.165, 1.54) is 27.8 Å². The Kier molecular flexibility index (Phi) is 5.89. The molecule has 32 heavy (non-hydrogen) atoms. The van der Waals surface area contributed by atoms with E-state index in [2.05, 4.69) is 120 Å². The van der Waals surface area contributed by atoms with E-state index in [1.54, 1.807) is 0 Å². The third-order valence-electron chi connectivity index (χ3n) is 6.43. The molecule has 4 aromatic carbocycles. The maximum absolute atomic E-state index is 11.6. The number of hydrogen-bond acceptors (Lipinski definition) is 2. The molecule has 1 fully saturated rings. The van der Waals surface area contributed by atoms with Crippen molar-refractivity contribution in [2.24, 2.45) is 0 Å². The zero-order chi connectivity index (χ0) is 21.8. The fourth-order valence-electron chi connectivity index (χ4n) is 4.72. The van der Waals surface area contributed by atoms with Crippen LogP contribution in [0.15, 0.2) is 115 Å². The van der Waals surface area contributed by atoms with Gasteiger partial charge in [-0.2, -0.15) is 0 Å². The lowest BCUT2D eigenvalue weighted by atomic mass is 9.89. The van der Waals surface area contributed by atoms with Gasteiger partial charge in [-0.05, 0) is 40.7 Å². The molecule has 0 aromatic heterocycles. The standard InChI is InChI=1S/C30H29NO/c32-30(20-21-30)29(28-19-11-10-18-27(28)26-16-8-3-9-17-26)31(22-24-12-4-1-5-13-24)23-25-14-6-2-7-15-25/h1-19,29,32H,20-23H2. The smallest absolute Gasteiger partial charge is 0.0846 e. The number of hydrogen-bond donors (Lipinski definition) is 1. The lowest BCUT2D eigenvalue weighted by Gasteiger charge is -2.37. The van der Waals surface area contributed by atoms with Crippen LogP contribution >= 0.6 is 0 Å². The molecule has 160 valence electrons. The van der Waals surface area contributed by atoms with Crippen molar-refractivity contribution in [2.75, 3.05) is 0 Å². The summed E-state index contributed by atoms with van der Waals surface area (Å²) >= 11 is 0. The van der Waals surface area contributed by atoms with Crippen LogP contribution in [-0.2, 0) is 13.1 Å². The van der Waals surface area contributed by atoms with Crippen molar-refractivity contribution >= 4 is 0 Å². The average Bonchev–Trinajstić information content (AvgIpc) is 3.59. The summed E-state index contributed by atoms with van der Waals surface area (Å²) in [6.07, 6.45) is 1.67. The summed E-state index contributed by atoms with van der Waals surface area (Å²) in [6, 6.07) is 40.2. The second-order valence-electron chi connectivity index (χ2n) is 8.84.